The maximum absolute atomic E-state index is 13.8. The molecule has 0 unspecified atom stereocenters. The van der Waals surface area contributed by atoms with E-state index in [1.807, 2.05) is 24.3 Å². The van der Waals surface area contributed by atoms with E-state index in [1.54, 1.807) is 0 Å². The van der Waals surface area contributed by atoms with E-state index in [9.17, 15) is 8.78 Å². The van der Waals surface area contributed by atoms with Crippen LogP contribution in [0.4, 0.5) is 14.5 Å². The normalized spacial score (nSPS) is 10.5. The first-order chi connectivity index (χ1) is 9.11. The van der Waals surface area contributed by atoms with Crippen molar-refractivity contribution in [3.05, 3.63) is 63.6 Å². The molecule has 0 radical (unpaired) electrons. The number of halogens is 4. The van der Waals surface area contributed by atoms with Gasteiger partial charge in [0.05, 0.1) is 4.47 Å². The second kappa shape index (κ2) is 6.35. The highest BCUT2D eigenvalue weighted by molar-refractivity contribution is 9.10. The van der Waals surface area contributed by atoms with Crippen molar-refractivity contribution in [2.24, 2.45) is 0 Å². The molecule has 2 aromatic rings. The van der Waals surface area contributed by atoms with Crippen LogP contribution in [0.15, 0.2) is 40.9 Å². The molecule has 5 heteroatoms. The molecular weight excluding hydrogens is 336 g/mol. The molecule has 100 valence electrons. The van der Waals surface area contributed by atoms with Gasteiger partial charge >= 0.3 is 0 Å². The highest BCUT2D eigenvalue weighted by Gasteiger charge is 2.11. The summed E-state index contributed by atoms with van der Waals surface area (Å²) in [5, 5.41) is 2.99. The van der Waals surface area contributed by atoms with Crippen LogP contribution >= 0.6 is 27.5 Å². The lowest BCUT2D eigenvalue weighted by atomic mass is 10.1. The van der Waals surface area contributed by atoms with Crippen LogP contribution in [-0.2, 0) is 12.4 Å². The quantitative estimate of drug-likeness (QED) is 0.601. The SMILES string of the molecule is Fc1ccc(Br)c(F)c1CNc1cccc(CCl)c1. The fourth-order valence-electron chi connectivity index (χ4n) is 1.69. The average Bonchev–Trinajstić information content (AvgIpc) is 2.43. The number of rotatable bonds is 4. The molecule has 2 aromatic carbocycles. The van der Waals surface area contributed by atoms with E-state index in [1.165, 1.54) is 12.1 Å². The van der Waals surface area contributed by atoms with E-state index >= 15 is 0 Å². The minimum Gasteiger partial charge on any atom is -0.381 e. The van der Waals surface area contributed by atoms with Crippen LogP contribution in [0.2, 0.25) is 0 Å². The van der Waals surface area contributed by atoms with Crippen LogP contribution in [0.25, 0.3) is 0 Å². The van der Waals surface area contributed by atoms with E-state index < -0.39 is 11.6 Å². The molecule has 2 rings (SSSR count). The third-order valence-corrected chi connectivity index (χ3v) is 3.61. The first kappa shape index (κ1) is 14.3. The Morgan fingerprint density at radius 1 is 1.16 bits per heavy atom. The summed E-state index contributed by atoms with van der Waals surface area (Å²) in [6, 6.07) is 9.98. The Kier molecular flexibility index (Phi) is 4.77. The Hall–Kier alpha value is -1.13. The van der Waals surface area contributed by atoms with Crippen molar-refractivity contribution in [2.45, 2.75) is 12.4 Å². The molecule has 0 aromatic heterocycles. The Balaban J connectivity index is 2.16. The largest absolute Gasteiger partial charge is 0.381 e. The Labute approximate surface area is 123 Å². The molecule has 0 aliphatic heterocycles. The Bertz CT molecular complexity index is 590. The van der Waals surface area contributed by atoms with Crippen molar-refractivity contribution < 1.29 is 8.78 Å². The van der Waals surface area contributed by atoms with Crippen LogP contribution in [0, 0.1) is 11.6 Å². The van der Waals surface area contributed by atoms with Gasteiger partial charge in [0.1, 0.15) is 11.6 Å². The van der Waals surface area contributed by atoms with Crippen LogP contribution < -0.4 is 5.32 Å². The van der Waals surface area contributed by atoms with E-state index in [0.717, 1.165) is 11.3 Å². The third kappa shape index (κ3) is 3.45. The molecule has 0 bridgehead atoms. The summed E-state index contributed by atoms with van der Waals surface area (Å²) in [7, 11) is 0. The summed E-state index contributed by atoms with van der Waals surface area (Å²) in [5.74, 6) is -0.752. The smallest absolute Gasteiger partial charge is 0.145 e. The summed E-state index contributed by atoms with van der Waals surface area (Å²) in [4.78, 5) is 0. The third-order valence-electron chi connectivity index (χ3n) is 2.69. The molecule has 0 spiro atoms. The van der Waals surface area contributed by atoms with Gasteiger partial charge < -0.3 is 5.32 Å². The monoisotopic (exact) mass is 345 g/mol. The molecule has 0 saturated carbocycles. The van der Waals surface area contributed by atoms with Crippen molar-refractivity contribution in [1.29, 1.82) is 0 Å². The van der Waals surface area contributed by atoms with Gasteiger partial charge in [-0.05, 0) is 45.8 Å². The number of nitrogens with one attached hydrogen (secondary N) is 1. The zero-order valence-electron chi connectivity index (χ0n) is 9.89. The highest BCUT2D eigenvalue weighted by Crippen LogP contribution is 2.23. The summed E-state index contributed by atoms with van der Waals surface area (Å²) in [6.07, 6.45) is 0. The number of hydrogen-bond acceptors (Lipinski definition) is 1. The standard InChI is InChI=1S/C14H11BrClF2N/c15-12-4-5-13(17)11(14(12)18)8-19-10-3-1-2-9(6-10)7-16/h1-6,19H,7-8H2. The average molecular weight is 347 g/mol. The molecule has 1 N–H and O–H groups in total. The van der Waals surface area contributed by atoms with Crippen molar-refractivity contribution in [3.63, 3.8) is 0 Å². The Morgan fingerprint density at radius 3 is 2.68 bits per heavy atom. The van der Waals surface area contributed by atoms with Gasteiger partial charge in [-0.1, -0.05) is 12.1 Å². The lowest BCUT2D eigenvalue weighted by Crippen LogP contribution is -2.05. The first-order valence-electron chi connectivity index (χ1n) is 5.63. The lowest BCUT2D eigenvalue weighted by molar-refractivity contribution is 0.555. The first-order valence-corrected chi connectivity index (χ1v) is 6.95. The lowest BCUT2D eigenvalue weighted by Gasteiger charge is -2.10. The summed E-state index contributed by atoms with van der Waals surface area (Å²) >= 11 is 8.78. The fraction of sp³-hybridized carbons (Fsp3) is 0.143. The molecule has 0 heterocycles. The summed E-state index contributed by atoms with van der Waals surface area (Å²) < 4.78 is 27.6. The molecule has 1 nitrogen and oxygen atoms in total. The number of benzene rings is 2. The van der Waals surface area contributed by atoms with E-state index in [-0.39, 0.29) is 16.6 Å². The van der Waals surface area contributed by atoms with Gasteiger partial charge in [-0.3, -0.25) is 0 Å². The fourth-order valence-corrected chi connectivity index (χ4v) is 2.22. The van der Waals surface area contributed by atoms with Crippen LogP contribution in [0.5, 0.6) is 0 Å². The molecule has 0 aliphatic carbocycles. The molecule has 0 fully saturated rings. The Morgan fingerprint density at radius 2 is 1.95 bits per heavy atom. The second-order valence-electron chi connectivity index (χ2n) is 4.01. The molecule has 0 aliphatic rings. The van der Waals surface area contributed by atoms with Gasteiger partial charge in [0.15, 0.2) is 0 Å². The molecule has 0 saturated heterocycles. The van der Waals surface area contributed by atoms with Crippen molar-refractivity contribution in [3.8, 4) is 0 Å². The highest BCUT2D eigenvalue weighted by atomic mass is 79.9. The maximum Gasteiger partial charge on any atom is 0.145 e. The van der Waals surface area contributed by atoms with E-state index in [4.69, 9.17) is 11.6 Å². The molecule has 19 heavy (non-hydrogen) atoms. The molecule has 0 atom stereocenters. The number of alkyl halides is 1. The minimum atomic E-state index is -0.582. The van der Waals surface area contributed by atoms with Gasteiger partial charge in [0.25, 0.3) is 0 Å². The minimum absolute atomic E-state index is 0.00523. The topological polar surface area (TPSA) is 12.0 Å². The maximum atomic E-state index is 13.8. The zero-order valence-corrected chi connectivity index (χ0v) is 12.2. The van der Waals surface area contributed by atoms with E-state index in [2.05, 4.69) is 21.2 Å². The number of anilines is 1. The van der Waals surface area contributed by atoms with Crippen molar-refractivity contribution in [2.75, 3.05) is 5.32 Å². The molecular formula is C14H11BrClF2N. The van der Waals surface area contributed by atoms with Crippen molar-refractivity contribution >= 4 is 33.2 Å². The van der Waals surface area contributed by atoms with Gasteiger partial charge in [0, 0.05) is 23.7 Å². The van der Waals surface area contributed by atoms with Crippen LogP contribution in [-0.4, -0.2) is 0 Å². The van der Waals surface area contributed by atoms with Gasteiger partial charge in [0.2, 0.25) is 0 Å². The zero-order chi connectivity index (χ0) is 13.8. The van der Waals surface area contributed by atoms with Gasteiger partial charge in [-0.15, -0.1) is 11.6 Å². The van der Waals surface area contributed by atoms with Gasteiger partial charge in [-0.25, -0.2) is 8.78 Å². The second-order valence-corrected chi connectivity index (χ2v) is 5.13. The van der Waals surface area contributed by atoms with Crippen LogP contribution in [0.1, 0.15) is 11.1 Å². The van der Waals surface area contributed by atoms with Gasteiger partial charge in [-0.2, -0.15) is 0 Å². The van der Waals surface area contributed by atoms with Crippen molar-refractivity contribution in [1.82, 2.24) is 0 Å². The summed E-state index contributed by atoms with van der Waals surface area (Å²) in [6.45, 7) is 0.0723. The molecule has 0 amide bonds. The predicted molar refractivity (Wildman–Crippen MR) is 77.4 cm³/mol. The number of hydrogen-bond donors (Lipinski definition) is 1. The van der Waals surface area contributed by atoms with E-state index in [0.29, 0.717) is 5.88 Å². The van der Waals surface area contributed by atoms with Crippen LogP contribution in [0.3, 0.4) is 0 Å². The predicted octanol–water partition coefficient (Wildman–Crippen LogP) is 5.08. The summed E-state index contributed by atoms with van der Waals surface area (Å²) in [5.41, 5.74) is 1.73.